The third-order valence-corrected chi connectivity index (χ3v) is 17.8. The third kappa shape index (κ3) is 8.90. The Morgan fingerprint density at radius 3 is 2.12 bits per heavy atom. The molecule has 2 rings (SSSR count). The Balaban J connectivity index is 2.73. The lowest BCUT2D eigenvalue weighted by Crippen LogP contribution is -2.54. The van der Waals surface area contributed by atoms with E-state index in [9.17, 15) is 24.3 Å². The number of nitrogens with one attached hydrogen (secondary N) is 2. The summed E-state index contributed by atoms with van der Waals surface area (Å²) in [4.78, 5) is 50.4. The van der Waals surface area contributed by atoms with Gasteiger partial charge in [0.2, 0.25) is 22.5 Å². The highest BCUT2D eigenvalue weighted by Gasteiger charge is 2.42. The summed E-state index contributed by atoms with van der Waals surface area (Å²) in [7, 11) is -3.53. The molecule has 1 heterocycles. The topological polar surface area (TPSA) is 149 Å². The number of rotatable bonds is 6. The average molecular weight is 643 g/mol. The summed E-state index contributed by atoms with van der Waals surface area (Å²) in [5, 5.41) is 13.6. The Hall–Kier alpha value is -2.72. The molecule has 3 N–H and O–H groups in total. The summed E-state index contributed by atoms with van der Waals surface area (Å²) in [6, 6.07) is 0.935. The number of thioether (sulfide) groups is 1. The molecule has 1 aromatic carbocycles. The van der Waals surface area contributed by atoms with Crippen LogP contribution in [-0.2, 0) is 24.8 Å². The van der Waals surface area contributed by atoms with Gasteiger partial charge >= 0.3 is 18.0 Å². The molecule has 2 atom stereocenters. The highest BCUT2D eigenvalue weighted by atomic mass is 32.2. The van der Waals surface area contributed by atoms with Gasteiger partial charge in [0.15, 0.2) is 0 Å². The van der Waals surface area contributed by atoms with E-state index in [0.29, 0.717) is 17.1 Å². The first-order chi connectivity index (χ1) is 19.1. The molecule has 14 heteroatoms. The van der Waals surface area contributed by atoms with Gasteiger partial charge in [-0.3, -0.25) is 4.79 Å². The van der Waals surface area contributed by atoms with Crippen LogP contribution >= 0.6 is 11.8 Å². The molecule has 236 valence electrons. The van der Waals surface area contributed by atoms with Crippen LogP contribution in [0.15, 0.2) is 12.1 Å². The highest BCUT2D eigenvalue weighted by molar-refractivity contribution is 7.98. The number of esters is 2. The summed E-state index contributed by atoms with van der Waals surface area (Å²) in [5.74, 6) is -0.930. The largest absolute Gasteiger partial charge is 0.543 e. The molecule has 0 saturated carbocycles. The molecule has 1 aliphatic heterocycles. The Bertz CT molecular complexity index is 1190. The average Bonchev–Trinajstić information content (AvgIpc) is 2.83. The zero-order valence-electron chi connectivity index (χ0n) is 26.6. The number of carboxylic acid groups (broad SMARTS) is 1. The molecule has 0 saturated heterocycles. The smallest absolute Gasteiger partial charge is 0.405 e. The summed E-state index contributed by atoms with van der Waals surface area (Å²) in [6.07, 6.45) is -1.49. The van der Waals surface area contributed by atoms with Crippen LogP contribution < -0.4 is 19.5 Å². The van der Waals surface area contributed by atoms with Gasteiger partial charge < -0.3 is 34.1 Å². The number of carbonyl (C=O) groups excluding carboxylic acids is 3. The molecule has 1 aliphatic rings. The highest BCUT2D eigenvalue weighted by Crippen LogP contribution is 2.43. The number of ether oxygens (including phenoxy) is 2. The molecule has 0 bridgehead atoms. The standard InChI is InChI=1S/C28H46N2O9SSi2/c1-27(2,3)41(8,9)38-17-12-18-19(22(13-17)39-42(10,11)28(4,5)6)15-40-16-21(25(33)36-7)29-23(31)20(30-26(34)35)14-37-24(18)32/h12-13,20-21,30H,14-16H2,1-11H3,(H,29,31)(H,34,35)/t20-,21-/m0/s1. The van der Waals surface area contributed by atoms with Crippen LogP contribution in [0.5, 0.6) is 11.5 Å². The van der Waals surface area contributed by atoms with E-state index < -0.39 is 59.3 Å². The maximum atomic E-state index is 13.6. The van der Waals surface area contributed by atoms with E-state index >= 15 is 0 Å². The molecule has 0 radical (unpaired) electrons. The lowest BCUT2D eigenvalue weighted by Gasteiger charge is -2.39. The van der Waals surface area contributed by atoms with Gasteiger partial charge in [-0.2, -0.15) is 11.8 Å². The minimum absolute atomic E-state index is 0.106. The third-order valence-electron chi connectivity index (χ3n) is 8.08. The predicted octanol–water partition coefficient (Wildman–Crippen LogP) is 5.15. The monoisotopic (exact) mass is 642 g/mol. The van der Waals surface area contributed by atoms with Crippen LogP contribution in [0.3, 0.4) is 0 Å². The van der Waals surface area contributed by atoms with E-state index in [-0.39, 0.29) is 27.1 Å². The van der Waals surface area contributed by atoms with Crippen molar-refractivity contribution in [1.82, 2.24) is 10.6 Å². The SMILES string of the molecule is COC(=O)[C@@H]1CSCc2c(O[Si](C)(C)C(C)(C)C)cc(O[Si](C)(C)C(C)(C)C)cc2C(=O)OC[C@H](NC(=O)O)C(=O)N1. The lowest BCUT2D eigenvalue weighted by atomic mass is 10.1. The van der Waals surface area contributed by atoms with Gasteiger partial charge in [0.25, 0.3) is 0 Å². The second-order valence-electron chi connectivity index (χ2n) is 13.4. The number of cyclic esters (lactones) is 1. The summed E-state index contributed by atoms with van der Waals surface area (Å²) >= 11 is 1.30. The molecule has 42 heavy (non-hydrogen) atoms. The van der Waals surface area contributed by atoms with Crippen molar-refractivity contribution in [1.29, 1.82) is 0 Å². The quantitative estimate of drug-likeness (QED) is 0.281. The van der Waals surface area contributed by atoms with Crippen molar-refractivity contribution in [2.45, 2.75) is 95.6 Å². The zero-order valence-corrected chi connectivity index (χ0v) is 29.4. The van der Waals surface area contributed by atoms with E-state index in [1.807, 2.05) is 6.07 Å². The molecular formula is C28H46N2O9SSi2. The summed E-state index contributed by atoms with van der Waals surface area (Å²) < 4.78 is 23.7. The first-order valence-corrected chi connectivity index (χ1v) is 20.7. The van der Waals surface area contributed by atoms with Crippen molar-refractivity contribution in [2.24, 2.45) is 0 Å². The first kappa shape index (κ1) is 35.5. The van der Waals surface area contributed by atoms with Gasteiger partial charge in [-0.1, -0.05) is 41.5 Å². The van der Waals surface area contributed by atoms with Crippen LogP contribution in [-0.4, -0.2) is 77.2 Å². The molecule has 0 unspecified atom stereocenters. The first-order valence-electron chi connectivity index (χ1n) is 13.8. The number of benzene rings is 1. The second-order valence-corrected chi connectivity index (χ2v) is 23.9. The second kappa shape index (κ2) is 13.3. The van der Waals surface area contributed by atoms with Crippen LogP contribution in [0, 0.1) is 0 Å². The Labute approximate surface area is 255 Å². The molecule has 0 aliphatic carbocycles. The van der Waals surface area contributed by atoms with Crippen molar-refractivity contribution in [3.8, 4) is 11.5 Å². The van der Waals surface area contributed by atoms with Crippen molar-refractivity contribution in [3.05, 3.63) is 23.3 Å². The number of hydrogen-bond donors (Lipinski definition) is 3. The van der Waals surface area contributed by atoms with E-state index in [2.05, 4.69) is 78.4 Å². The van der Waals surface area contributed by atoms with E-state index in [1.54, 1.807) is 6.07 Å². The molecule has 0 aromatic heterocycles. The fourth-order valence-electron chi connectivity index (χ4n) is 3.41. The fourth-order valence-corrected chi connectivity index (χ4v) is 6.53. The zero-order chi connectivity index (χ0) is 32.3. The van der Waals surface area contributed by atoms with Crippen LogP contribution in [0.4, 0.5) is 4.79 Å². The number of carbonyl (C=O) groups is 4. The summed E-state index contributed by atoms with van der Waals surface area (Å²) in [5.41, 5.74) is 0.757. The summed E-state index contributed by atoms with van der Waals surface area (Å²) in [6.45, 7) is 20.5. The van der Waals surface area contributed by atoms with Crippen molar-refractivity contribution in [3.63, 3.8) is 0 Å². The Morgan fingerprint density at radius 2 is 1.60 bits per heavy atom. The van der Waals surface area contributed by atoms with E-state index in [1.165, 1.54) is 18.9 Å². The molecule has 11 nitrogen and oxygen atoms in total. The predicted molar refractivity (Wildman–Crippen MR) is 167 cm³/mol. The molecular weight excluding hydrogens is 597 g/mol. The van der Waals surface area contributed by atoms with Gasteiger partial charge in [0, 0.05) is 23.1 Å². The van der Waals surface area contributed by atoms with Gasteiger partial charge in [-0.25, -0.2) is 14.4 Å². The van der Waals surface area contributed by atoms with Crippen molar-refractivity contribution in [2.75, 3.05) is 19.5 Å². The minimum atomic E-state index is -2.40. The molecule has 2 amide bonds. The van der Waals surface area contributed by atoms with Gasteiger partial charge in [0.1, 0.15) is 30.2 Å². The Kier molecular flexibility index (Phi) is 11.2. The lowest BCUT2D eigenvalue weighted by molar-refractivity contribution is -0.144. The van der Waals surface area contributed by atoms with Gasteiger partial charge in [0.05, 0.1) is 12.7 Å². The van der Waals surface area contributed by atoms with Crippen LogP contribution in [0.25, 0.3) is 0 Å². The maximum absolute atomic E-state index is 13.6. The van der Waals surface area contributed by atoms with E-state index in [0.717, 1.165) is 0 Å². The Morgan fingerprint density at radius 1 is 1.02 bits per heavy atom. The van der Waals surface area contributed by atoms with Gasteiger partial charge in [-0.15, -0.1) is 0 Å². The van der Waals surface area contributed by atoms with Crippen LogP contribution in [0.2, 0.25) is 36.3 Å². The van der Waals surface area contributed by atoms with Crippen molar-refractivity contribution < 1.29 is 42.6 Å². The maximum Gasteiger partial charge on any atom is 0.405 e. The number of methoxy groups -OCH3 is 1. The van der Waals surface area contributed by atoms with Crippen molar-refractivity contribution >= 4 is 52.3 Å². The van der Waals surface area contributed by atoms with Gasteiger partial charge in [-0.05, 0) is 42.3 Å². The minimum Gasteiger partial charge on any atom is -0.543 e. The number of hydrogen-bond acceptors (Lipinski definition) is 9. The van der Waals surface area contributed by atoms with Crippen LogP contribution in [0.1, 0.15) is 57.5 Å². The normalized spacial score (nSPS) is 19.2. The molecule has 1 aromatic rings. The van der Waals surface area contributed by atoms with E-state index in [4.69, 9.17) is 18.3 Å². The number of amides is 2. The number of fused-ring (bicyclic) bond motifs is 1. The molecule has 0 fully saturated rings. The fraction of sp³-hybridized carbons (Fsp3) is 0.643. The molecule has 0 spiro atoms.